The van der Waals surface area contributed by atoms with Gasteiger partial charge in [0.15, 0.2) is 0 Å². The molecule has 0 amide bonds. The topological polar surface area (TPSA) is 21.3 Å². The summed E-state index contributed by atoms with van der Waals surface area (Å²) in [5, 5.41) is 3.18. The predicted molar refractivity (Wildman–Crippen MR) is 80.5 cm³/mol. The maximum Gasteiger partial charge on any atom is 0.142 e. The molecule has 0 aliphatic carbocycles. The first-order valence-corrected chi connectivity index (χ1v) is 7.35. The number of ether oxygens (including phenoxy) is 1. The van der Waals surface area contributed by atoms with Crippen LogP contribution in [-0.4, -0.2) is 13.2 Å². The highest BCUT2D eigenvalue weighted by Gasteiger charge is 2.32. The lowest BCUT2D eigenvalue weighted by Gasteiger charge is -2.24. The Bertz CT molecular complexity index is 607. The van der Waals surface area contributed by atoms with Gasteiger partial charge in [-0.3, -0.25) is 0 Å². The quantitative estimate of drug-likeness (QED) is 0.919. The SMILES string of the molecule is CNC(c1cccc(Br)c1F)C1Cc2ccccc2O1. The summed E-state index contributed by atoms with van der Waals surface area (Å²) in [6, 6.07) is 13.1. The van der Waals surface area contributed by atoms with Crippen molar-refractivity contribution in [3.05, 3.63) is 63.9 Å². The second-order valence-electron chi connectivity index (χ2n) is 4.88. The number of nitrogens with one attached hydrogen (secondary N) is 1. The molecule has 4 heteroatoms. The number of hydrogen-bond donors (Lipinski definition) is 1. The van der Waals surface area contributed by atoms with Crippen molar-refractivity contribution in [2.75, 3.05) is 7.05 Å². The summed E-state index contributed by atoms with van der Waals surface area (Å²) in [6.45, 7) is 0. The van der Waals surface area contributed by atoms with E-state index in [1.54, 1.807) is 12.1 Å². The Balaban J connectivity index is 1.91. The molecule has 2 atom stereocenters. The van der Waals surface area contributed by atoms with E-state index < -0.39 is 0 Å². The maximum atomic E-state index is 14.3. The molecule has 2 aromatic carbocycles. The molecule has 1 aliphatic heterocycles. The predicted octanol–water partition coefficient (Wildman–Crippen LogP) is 3.85. The number of rotatable bonds is 3. The summed E-state index contributed by atoms with van der Waals surface area (Å²) in [6.07, 6.45) is 0.689. The number of hydrogen-bond acceptors (Lipinski definition) is 2. The molecule has 0 fully saturated rings. The minimum atomic E-state index is -0.230. The second-order valence-corrected chi connectivity index (χ2v) is 5.73. The smallest absolute Gasteiger partial charge is 0.142 e. The normalized spacial score (nSPS) is 18.4. The van der Waals surface area contributed by atoms with Gasteiger partial charge in [-0.2, -0.15) is 0 Å². The van der Waals surface area contributed by atoms with Crippen molar-refractivity contribution in [2.45, 2.75) is 18.6 Å². The van der Waals surface area contributed by atoms with Crippen LogP contribution in [0.5, 0.6) is 5.75 Å². The fourth-order valence-electron chi connectivity index (χ4n) is 2.70. The Morgan fingerprint density at radius 2 is 2.05 bits per heavy atom. The minimum absolute atomic E-state index is 0.0961. The molecule has 104 valence electrons. The van der Waals surface area contributed by atoms with Gasteiger partial charge in [-0.25, -0.2) is 4.39 Å². The molecule has 0 saturated heterocycles. The Hall–Kier alpha value is -1.39. The lowest BCUT2D eigenvalue weighted by atomic mass is 9.97. The number of halogens is 2. The summed E-state index contributed by atoms with van der Waals surface area (Å²) in [7, 11) is 1.83. The minimum Gasteiger partial charge on any atom is -0.488 e. The number of benzene rings is 2. The van der Waals surface area contributed by atoms with Crippen LogP contribution in [-0.2, 0) is 6.42 Å². The highest BCUT2D eigenvalue weighted by Crippen LogP contribution is 2.35. The van der Waals surface area contributed by atoms with Gasteiger partial charge in [-0.05, 0) is 40.7 Å². The number of fused-ring (bicyclic) bond motifs is 1. The molecule has 2 nitrogen and oxygen atoms in total. The Morgan fingerprint density at radius 3 is 2.80 bits per heavy atom. The first kappa shape index (κ1) is 13.6. The van der Waals surface area contributed by atoms with Gasteiger partial charge in [-0.1, -0.05) is 30.3 Å². The molecule has 0 saturated carbocycles. The number of para-hydroxylation sites is 1. The highest BCUT2D eigenvalue weighted by atomic mass is 79.9. The maximum absolute atomic E-state index is 14.3. The molecule has 3 rings (SSSR count). The molecular formula is C16H15BrFNO. The zero-order chi connectivity index (χ0) is 14.1. The van der Waals surface area contributed by atoms with Gasteiger partial charge < -0.3 is 10.1 Å². The fourth-order valence-corrected chi connectivity index (χ4v) is 3.08. The molecule has 1 N–H and O–H groups in total. The van der Waals surface area contributed by atoms with E-state index in [4.69, 9.17) is 4.74 Å². The van der Waals surface area contributed by atoms with Crippen molar-refractivity contribution < 1.29 is 9.13 Å². The van der Waals surface area contributed by atoms with E-state index in [-0.39, 0.29) is 18.0 Å². The van der Waals surface area contributed by atoms with Crippen molar-refractivity contribution in [1.29, 1.82) is 0 Å². The summed E-state index contributed by atoms with van der Waals surface area (Å²) in [5.41, 5.74) is 1.80. The molecule has 0 bridgehead atoms. The van der Waals surface area contributed by atoms with Gasteiger partial charge in [0.25, 0.3) is 0 Å². The van der Waals surface area contributed by atoms with Crippen LogP contribution in [0.1, 0.15) is 17.2 Å². The zero-order valence-corrected chi connectivity index (χ0v) is 12.7. The van der Waals surface area contributed by atoms with Crippen LogP contribution in [0.2, 0.25) is 0 Å². The van der Waals surface area contributed by atoms with E-state index in [0.29, 0.717) is 10.0 Å². The third kappa shape index (κ3) is 2.34. The average Bonchev–Trinajstić information content (AvgIpc) is 2.87. The molecule has 1 heterocycles. The van der Waals surface area contributed by atoms with Crippen molar-refractivity contribution in [2.24, 2.45) is 0 Å². The van der Waals surface area contributed by atoms with Crippen molar-refractivity contribution >= 4 is 15.9 Å². The number of likely N-dealkylation sites (N-methyl/N-ethyl adjacent to an activating group) is 1. The fraction of sp³-hybridized carbons (Fsp3) is 0.250. The molecule has 20 heavy (non-hydrogen) atoms. The lowest BCUT2D eigenvalue weighted by molar-refractivity contribution is 0.181. The van der Waals surface area contributed by atoms with Gasteiger partial charge in [0.2, 0.25) is 0 Å². The summed E-state index contributed by atoms with van der Waals surface area (Å²) in [5.74, 6) is 0.666. The third-order valence-electron chi connectivity index (χ3n) is 3.67. The van der Waals surface area contributed by atoms with E-state index in [1.165, 1.54) is 5.56 Å². The summed E-state index contributed by atoms with van der Waals surface area (Å²) < 4.78 is 20.7. The second kappa shape index (κ2) is 5.54. The van der Waals surface area contributed by atoms with Gasteiger partial charge in [0.05, 0.1) is 10.5 Å². The monoisotopic (exact) mass is 335 g/mol. The third-order valence-corrected chi connectivity index (χ3v) is 4.28. The molecule has 2 aromatic rings. The van der Waals surface area contributed by atoms with Crippen LogP contribution in [0.3, 0.4) is 0 Å². The van der Waals surface area contributed by atoms with Crippen molar-refractivity contribution in [1.82, 2.24) is 5.32 Å². The van der Waals surface area contributed by atoms with Crippen LogP contribution in [0, 0.1) is 5.82 Å². The van der Waals surface area contributed by atoms with Crippen LogP contribution < -0.4 is 10.1 Å². The Morgan fingerprint density at radius 1 is 1.25 bits per heavy atom. The first-order chi connectivity index (χ1) is 9.70. The van der Waals surface area contributed by atoms with Crippen LogP contribution in [0.15, 0.2) is 46.9 Å². The highest BCUT2D eigenvalue weighted by molar-refractivity contribution is 9.10. The Kier molecular flexibility index (Phi) is 3.76. The molecular weight excluding hydrogens is 321 g/mol. The van der Waals surface area contributed by atoms with E-state index in [2.05, 4.69) is 27.3 Å². The lowest BCUT2D eigenvalue weighted by Crippen LogP contribution is -2.33. The Labute approximate surface area is 126 Å². The molecule has 1 aliphatic rings. The van der Waals surface area contributed by atoms with Crippen molar-refractivity contribution in [3.63, 3.8) is 0 Å². The summed E-state index contributed by atoms with van der Waals surface area (Å²) in [4.78, 5) is 0. The van der Waals surface area contributed by atoms with E-state index in [9.17, 15) is 4.39 Å². The largest absolute Gasteiger partial charge is 0.488 e. The van der Waals surface area contributed by atoms with Crippen molar-refractivity contribution in [3.8, 4) is 5.75 Å². The molecule has 0 aromatic heterocycles. The van der Waals surface area contributed by atoms with E-state index in [1.807, 2.05) is 31.3 Å². The van der Waals surface area contributed by atoms with Crippen LogP contribution in [0.25, 0.3) is 0 Å². The molecule has 0 radical (unpaired) electrons. The van der Waals surface area contributed by atoms with Gasteiger partial charge in [0, 0.05) is 12.0 Å². The summed E-state index contributed by atoms with van der Waals surface area (Å²) >= 11 is 3.24. The standard InChI is InChI=1S/C16H15BrFNO/c1-19-16(11-6-4-7-12(17)15(11)18)14-9-10-5-2-3-8-13(10)20-14/h2-8,14,16,19H,9H2,1H3. The zero-order valence-electron chi connectivity index (χ0n) is 11.1. The van der Waals surface area contributed by atoms with Crippen LogP contribution >= 0.6 is 15.9 Å². The van der Waals surface area contributed by atoms with Crippen LogP contribution in [0.4, 0.5) is 4.39 Å². The molecule has 2 unspecified atom stereocenters. The first-order valence-electron chi connectivity index (χ1n) is 6.56. The van der Waals surface area contributed by atoms with E-state index in [0.717, 1.165) is 12.2 Å². The van der Waals surface area contributed by atoms with Gasteiger partial charge in [0.1, 0.15) is 17.7 Å². The van der Waals surface area contributed by atoms with E-state index >= 15 is 0 Å². The van der Waals surface area contributed by atoms with Gasteiger partial charge in [-0.15, -0.1) is 0 Å². The molecule has 0 spiro atoms. The van der Waals surface area contributed by atoms with Gasteiger partial charge >= 0.3 is 0 Å². The average molecular weight is 336 g/mol.